The van der Waals surface area contributed by atoms with Crippen LogP contribution in [0.4, 0.5) is 10.5 Å². The molecule has 1 aromatic rings. The fraction of sp³-hybridized carbons (Fsp3) is 0.545. The van der Waals surface area contributed by atoms with E-state index in [1.807, 2.05) is 0 Å². The molecule has 1 heterocycles. The second kappa shape index (κ2) is 19.9. The molecule has 270 valence electrons. The quantitative estimate of drug-likeness (QED) is 0.0734. The lowest BCUT2D eigenvalue weighted by atomic mass is 9.97. The van der Waals surface area contributed by atoms with Gasteiger partial charge in [0.05, 0.1) is 31.8 Å². The fourth-order valence-corrected chi connectivity index (χ4v) is 4.27. The van der Waals surface area contributed by atoms with E-state index < -0.39 is 53.1 Å². The number of nitrogens with two attached hydrogens (primary N) is 1. The molecule has 1 aliphatic heterocycles. The molecule has 0 spiro atoms. The number of carbonyl (C=O) groups excluding carboxylic acids is 7. The number of amides is 7. The lowest BCUT2D eigenvalue weighted by Gasteiger charge is -2.25. The molecule has 0 aliphatic carbocycles. The fourth-order valence-electron chi connectivity index (χ4n) is 4.27. The van der Waals surface area contributed by atoms with Gasteiger partial charge in [-0.3, -0.25) is 33.7 Å². The number of anilines is 1. The summed E-state index contributed by atoms with van der Waals surface area (Å²) < 4.78 is 16.0. The van der Waals surface area contributed by atoms with Crippen LogP contribution in [0.5, 0.6) is 0 Å². The number of primary amides is 1. The second-order valence-corrected chi connectivity index (χ2v) is 12.6. The van der Waals surface area contributed by atoms with Crippen LogP contribution in [0, 0.1) is 11.3 Å². The van der Waals surface area contributed by atoms with Crippen molar-refractivity contribution in [3.8, 4) is 0 Å². The van der Waals surface area contributed by atoms with Crippen LogP contribution in [0.3, 0.4) is 0 Å². The monoisotopic (exact) mass is 688 g/mol. The van der Waals surface area contributed by atoms with Crippen LogP contribution in [0.2, 0.25) is 0 Å². The Morgan fingerprint density at radius 2 is 1.51 bits per heavy atom. The van der Waals surface area contributed by atoms with Crippen molar-refractivity contribution < 1.29 is 47.8 Å². The lowest BCUT2D eigenvalue weighted by molar-refractivity contribution is -0.154. The summed E-state index contributed by atoms with van der Waals surface area (Å²) >= 11 is 0. The Bertz CT molecular complexity index is 1340. The zero-order valence-corrected chi connectivity index (χ0v) is 28.7. The van der Waals surface area contributed by atoms with Gasteiger partial charge in [0.2, 0.25) is 17.7 Å². The largest absolute Gasteiger partial charge is 0.460 e. The van der Waals surface area contributed by atoms with E-state index >= 15 is 0 Å². The Hall–Kier alpha value is -4.83. The van der Waals surface area contributed by atoms with Crippen LogP contribution in [-0.4, -0.2) is 98.0 Å². The maximum absolute atomic E-state index is 13.3. The molecule has 1 aromatic carbocycles. The molecule has 2 atom stereocenters. The van der Waals surface area contributed by atoms with Gasteiger partial charge in [0.25, 0.3) is 11.8 Å². The summed E-state index contributed by atoms with van der Waals surface area (Å²) in [6.07, 6.45) is 2.84. The van der Waals surface area contributed by atoms with E-state index in [4.69, 9.17) is 19.9 Å². The highest BCUT2D eigenvalue weighted by atomic mass is 16.5. The molecule has 2 rings (SSSR count). The van der Waals surface area contributed by atoms with Gasteiger partial charge in [-0.05, 0) is 57.2 Å². The number of esters is 1. The van der Waals surface area contributed by atoms with Gasteiger partial charge < -0.3 is 41.2 Å². The van der Waals surface area contributed by atoms with Gasteiger partial charge in [-0.15, -0.1) is 0 Å². The Labute approximate surface area is 285 Å². The van der Waals surface area contributed by atoms with Crippen LogP contribution in [0.25, 0.3) is 0 Å². The summed E-state index contributed by atoms with van der Waals surface area (Å²) in [5.74, 6) is -3.17. The SMILES string of the molecule is CC(C)C(NC(=O)COCCOCCN1C(=O)C=CC1=O)C(=O)N[C@@H](CCCNC(N)=O)C(=O)Nc1ccc(COC(=O)C(C)(C)C)cc1. The number of ether oxygens (including phenoxy) is 3. The molecule has 49 heavy (non-hydrogen) atoms. The van der Waals surface area contributed by atoms with Gasteiger partial charge in [0, 0.05) is 24.4 Å². The first-order chi connectivity index (χ1) is 23.1. The highest BCUT2D eigenvalue weighted by Crippen LogP contribution is 2.18. The minimum Gasteiger partial charge on any atom is -0.460 e. The van der Waals surface area contributed by atoms with Gasteiger partial charge in [-0.1, -0.05) is 26.0 Å². The average Bonchev–Trinajstić information content (AvgIpc) is 3.35. The molecule has 0 fully saturated rings. The Morgan fingerprint density at radius 3 is 2.10 bits per heavy atom. The number of nitrogens with zero attached hydrogens (tertiary/aromatic N) is 1. The number of hydrogen-bond acceptors (Lipinski definition) is 10. The lowest BCUT2D eigenvalue weighted by Crippen LogP contribution is -2.55. The van der Waals surface area contributed by atoms with Crippen molar-refractivity contribution in [1.82, 2.24) is 20.9 Å². The summed E-state index contributed by atoms with van der Waals surface area (Å²) in [7, 11) is 0. The van der Waals surface area contributed by atoms with Crippen molar-refractivity contribution in [1.29, 1.82) is 0 Å². The summed E-state index contributed by atoms with van der Waals surface area (Å²) in [6, 6.07) is 3.94. The normalized spacial score (nSPS) is 14.0. The molecule has 0 bridgehead atoms. The van der Waals surface area contributed by atoms with Crippen molar-refractivity contribution in [2.24, 2.45) is 17.1 Å². The van der Waals surface area contributed by atoms with Crippen molar-refractivity contribution in [2.75, 3.05) is 44.8 Å². The molecule has 7 amide bonds. The first-order valence-electron chi connectivity index (χ1n) is 16.0. The molecule has 1 aliphatic rings. The van der Waals surface area contributed by atoms with E-state index in [0.717, 1.165) is 10.5 Å². The highest BCUT2D eigenvalue weighted by Gasteiger charge is 2.29. The van der Waals surface area contributed by atoms with Crippen LogP contribution >= 0.6 is 0 Å². The smallest absolute Gasteiger partial charge is 0.312 e. The van der Waals surface area contributed by atoms with E-state index in [1.165, 1.54) is 12.2 Å². The number of benzene rings is 1. The predicted octanol–water partition coefficient (Wildman–Crippen LogP) is 0.747. The van der Waals surface area contributed by atoms with E-state index in [9.17, 15) is 33.6 Å². The zero-order chi connectivity index (χ0) is 36.6. The third-order valence-corrected chi connectivity index (χ3v) is 7.04. The van der Waals surface area contributed by atoms with Crippen LogP contribution in [0.15, 0.2) is 36.4 Å². The minimum absolute atomic E-state index is 0.0523. The summed E-state index contributed by atoms with van der Waals surface area (Å²) in [5, 5.41) is 10.5. The highest BCUT2D eigenvalue weighted by molar-refractivity contribution is 6.12. The number of rotatable bonds is 20. The molecule has 0 aromatic heterocycles. The standard InChI is InChI=1S/C33H48N6O10/c1-21(2)28(38-25(40)20-48-18-17-47-16-15-39-26(41)12-13-27(39)42)30(44)37-24(7-6-14-35-32(34)46)29(43)36-23-10-8-22(9-11-23)19-49-31(45)33(3,4)5/h8-13,21,24,28H,6-7,14-20H2,1-5H3,(H,36,43)(H,37,44)(H,38,40)(H3,34,35,46)/t24-,28?/m0/s1. The number of urea groups is 1. The topological polar surface area (TPSA) is 225 Å². The molecule has 16 nitrogen and oxygen atoms in total. The van der Waals surface area contributed by atoms with Crippen molar-refractivity contribution >= 4 is 47.2 Å². The summed E-state index contributed by atoms with van der Waals surface area (Å²) in [5.41, 5.74) is 5.65. The first kappa shape index (κ1) is 40.3. The Kier molecular flexibility index (Phi) is 16.4. The molecule has 16 heteroatoms. The van der Waals surface area contributed by atoms with Gasteiger partial charge in [0.1, 0.15) is 25.3 Å². The third kappa shape index (κ3) is 14.9. The number of carbonyl (C=O) groups is 7. The van der Waals surface area contributed by atoms with Crippen LogP contribution < -0.4 is 27.0 Å². The third-order valence-electron chi connectivity index (χ3n) is 7.04. The number of nitrogens with one attached hydrogen (secondary N) is 4. The molecule has 0 saturated carbocycles. The van der Waals surface area contributed by atoms with Gasteiger partial charge >= 0.3 is 12.0 Å². The van der Waals surface area contributed by atoms with Gasteiger partial charge in [0.15, 0.2) is 0 Å². The molecule has 0 radical (unpaired) electrons. The molecule has 0 saturated heterocycles. The van der Waals surface area contributed by atoms with Crippen molar-refractivity contribution in [3.63, 3.8) is 0 Å². The zero-order valence-electron chi connectivity index (χ0n) is 28.7. The van der Waals surface area contributed by atoms with Crippen LogP contribution in [-0.2, 0) is 49.6 Å². The predicted molar refractivity (Wildman–Crippen MR) is 177 cm³/mol. The Morgan fingerprint density at radius 1 is 0.878 bits per heavy atom. The number of imide groups is 1. The first-order valence-corrected chi connectivity index (χ1v) is 16.0. The Balaban J connectivity index is 1.90. The molecular formula is C33H48N6O10. The second-order valence-electron chi connectivity index (χ2n) is 12.6. The van der Waals surface area contributed by atoms with Crippen LogP contribution in [0.1, 0.15) is 53.0 Å². The van der Waals surface area contributed by atoms with Crippen molar-refractivity contribution in [2.45, 2.75) is 66.2 Å². The maximum atomic E-state index is 13.3. The van der Waals surface area contributed by atoms with E-state index in [-0.39, 0.29) is 64.4 Å². The summed E-state index contributed by atoms with van der Waals surface area (Å²) in [4.78, 5) is 86.5. The van der Waals surface area contributed by atoms with E-state index in [0.29, 0.717) is 12.1 Å². The molecular weight excluding hydrogens is 640 g/mol. The van der Waals surface area contributed by atoms with Crippen molar-refractivity contribution in [3.05, 3.63) is 42.0 Å². The average molecular weight is 689 g/mol. The summed E-state index contributed by atoms with van der Waals surface area (Å²) in [6.45, 7) is 8.99. The maximum Gasteiger partial charge on any atom is 0.312 e. The minimum atomic E-state index is -1.02. The van der Waals surface area contributed by atoms with E-state index in [2.05, 4.69) is 21.3 Å². The van der Waals surface area contributed by atoms with Gasteiger partial charge in [-0.2, -0.15) is 0 Å². The van der Waals surface area contributed by atoms with Gasteiger partial charge in [-0.25, -0.2) is 4.79 Å². The molecule has 1 unspecified atom stereocenters. The van der Waals surface area contributed by atoms with E-state index in [1.54, 1.807) is 58.9 Å². The molecule has 6 N–H and O–H groups in total. The number of hydrogen-bond donors (Lipinski definition) is 5.